The third-order valence-corrected chi connectivity index (χ3v) is 4.89. The average molecular weight is 311 g/mol. The second-order valence-corrected chi connectivity index (χ2v) is 6.62. The molecule has 3 heteroatoms. The van der Waals surface area contributed by atoms with Gasteiger partial charge >= 0.3 is 0 Å². The zero-order valence-corrected chi connectivity index (χ0v) is 12.2. The molecular weight excluding hydrogens is 292 g/mol. The van der Waals surface area contributed by atoms with Crippen LogP contribution in [0, 0.1) is 18.8 Å². The summed E-state index contributed by atoms with van der Waals surface area (Å²) in [4.78, 5) is 0. The van der Waals surface area contributed by atoms with Crippen molar-refractivity contribution < 1.29 is 9.84 Å². The third-order valence-electron chi connectivity index (χ3n) is 4.43. The molecule has 0 aromatic heterocycles. The van der Waals surface area contributed by atoms with Gasteiger partial charge in [-0.15, -0.1) is 0 Å². The SMILES string of the molecule is Cc1cc(Br)cc(CO)c1OC1CC2CCC1C2. The van der Waals surface area contributed by atoms with Gasteiger partial charge in [0.1, 0.15) is 11.9 Å². The van der Waals surface area contributed by atoms with Crippen molar-refractivity contribution in [2.45, 2.75) is 45.3 Å². The maximum atomic E-state index is 9.47. The van der Waals surface area contributed by atoms with Crippen LogP contribution in [-0.2, 0) is 6.61 Å². The van der Waals surface area contributed by atoms with E-state index in [-0.39, 0.29) is 6.61 Å². The van der Waals surface area contributed by atoms with Crippen LogP contribution in [-0.4, -0.2) is 11.2 Å². The first kappa shape index (κ1) is 12.5. The van der Waals surface area contributed by atoms with Gasteiger partial charge in [0.2, 0.25) is 0 Å². The second-order valence-electron chi connectivity index (χ2n) is 5.70. The fourth-order valence-electron chi connectivity index (χ4n) is 3.57. The standard InChI is InChI=1S/C15H19BrO2/c1-9-4-13(16)7-12(8-17)15(9)18-14-6-10-2-3-11(14)5-10/h4,7,10-11,14,17H,2-3,5-6,8H2,1H3. The molecule has 0 spiro atoms. The number of aliphatic hydroxyl groups excluding tert-OH is 1. The number of fused-ring (bicyclic) bond motifs is 2. The van der Waals surface area contributed by atoms with Crippen molar-refractivity contribution in [1.29, 1.82) is 0 Å². The fraction of sp³-hybridized carbons (Fsp3) is 0.600. The Morgan fingerprint density at radius 3 is 2.78 bits per heavy atom. The molecule has 2 fully saturated rings. The van der Waals surface area contributed by atoms with Crippen molar-refractivity contribution in [3.8, 4) is 5.75 Å². The molecule has 0 aliphatic heterocycles. The number of hydrogen-bond donors (Lipinski definition) is 1. The second kappa shape index (κ2) is 4.86. The molecule has 0 radical (unpaired) electrons. The Morgan fingerprint density at radius 1 is 1.33 bits per heavy atom. The highest BCUT2D eigenvalue weighted by atomic mass is 79.9. The van der Waals surface area contributed by atoms with Gasteiger partial charge in [0, 0.05) is 10.0 Å². The lowest BCUT2D eigenvalue weighted by Gasteiger charge is -2.25. The van der Waals surface area contributed by atoms with Gasteiger partial charge < -0.3 is 9.84 Å². The summed E-state index contributed by atoms with van der Waals surface area (Å²) in [5.74, 6) is 2.52. The van der Waals surface area contributed by atoms with Crippen LogP contribution in [0.1, 0.15) is 36.8 Å². The molecule has 2 nitrogen and oxygen atoms in total. The Labute approximate surface area is 116 Å². The normalized spacial score (nSPS) is 29.8. The number of ether oxygens (including phenoxy) is 1. The van der Waals surface area contributed by atoms with Crippen LogP contribution < -0.4 is 4.74 Å². The molecule has 0 saturated heterocycles. The number of halogens is 1. The molecule has 1 aromatic rings. The average Bonchev–Trinajstić information content (AvgIpc) is 2.94. The van der Waals surface area contributed by atoms with Gasteiger partial charge in [0.15, 0.2) is 0 Å². The van der Waals surface area contributed by atoms with Crippen molar-refractivity contribution in [3.63, 3.8) is 0 Å². The van der Waals surface area contributed by atoms with Crippen LogP contribution in [0.2, 0.25) is 0 Å². The van der Waals surface area contributed by atoms with Gasteiger partial charge in [0.05, 0.1) is 6.61 Å². The maximum Gasteiger partial charge on any atom is 0.128 e. The van der Waals surface area contributed by atoms with Gasteiger partial charge in [-0.25, -0.2) is 0 Å². The first-order valence-corrected chi connectivity index (χ1v) is 7.53. The molecule has 3 atom stereocenters. The molecule has 2 bridgehead atoms. The molecule has 0 heterocycles. The van der Waals surface area contributed by atoms with E-state index in [9.17, 15) is 5.11 Å². The van der Waals surface area contributed by atoms with Crippen molar-refractivity contribution >= 4 is 15.9 Å². The lowest BCUT2D eigenvalue weighted by molar-refractivity contribution is 0.133. The van der Waals surface area contributed by atoms with Crippen LogP contribution in [0.5, 0.6) is 5.75 Å². The molecule has 2 aliphatic carbocycles. The Bertz CT molecular complexity index is 458. The van der Waals surface area contributed by atoms with Gasteiger partial charge in [-0.1, -0.05) is 15.9 Å². The third kappa shape index (κ3) is 2.19. The predicted molar refractivity (Wildman–Crippen MR) is 74.7 cm³/mol. The molecule has 1 aromatic carbocycles. The summed E-state index contributed by atoms with van der Waals surface area (Å²) in [5.41, 5.74) is 2.00. The number of rotatable bonds is 3. The minimum absolute atomic E-state index is 0.0381. The van der Waals surface area contributed by atoms with E-state index in [0.29, 0.717) is 6.10 Å². The number of aryl methyl sites for hydroxylation is 1. The number of benzene rings is 1. The van der Waals surface area contributed by atoms with E-state index in [4.69, 9.17) is 4.74 Å². The lowest BCUT2D eigenvalue weighted by Crippen LogP contribution is -2.24. The molecule has 1 N–H and O–H groups in total. The minimum Gasteiger partial charge on any atom is -0.489 e. The van der Waals surface area contributed by atoms with E-state index in [0.717, 1.165) is 33.2 Å². The van der Waals surface area contributed by atoms with Crippen molar-refractivity contribution in [1.82, 2.24) is 0 Å². The Hall–Kier alpha value is -0.540. The molecule has 2 aliphatic rings. The van der Waals surface area contributed by atoms with Crippen LogP contribution in [0.3, 0.4) is 0 Å². The molecular formula is C15H19BrO2. The van der Waals surface area contributed by atoms with Crippen LogP contribution in [0.4, 0.5) is 0 Å². The van der Waals surface area contributed by atoms with Gasteiger partial charge in [-0.05, 0) is 62.1 Å². The predicted octanol–water partition coefficient (Wildman–Crippen LogP) is 3.82. The topological polar surface area (TPSA) is 29.5 Å². The monoisotopic (exact) mass is 310 g/mol. The summed E-state index contributed by atoms with van der Waals surface area (Å²) in [6.07, 6.45) is 5.62. The van der Waals surface area contributed by atoms with Gasteiger partial charge in [-0.3, -0.25) is 0 Å². The summed E-state index contributed by atoms with van der Waals surface area (Å²) >= 11 is 3.47. The molecule has 18 heavy (non-hydrogen) atoms. The Morgan fingerprint density at radius 2 is 2.17 bits per heavy atom. The van der Waals surface area contributed by atoms with Crippen molar-refractivity contribution in [3.05, 3.63) is 27.7 Å². The zero-order valence-electron chi connectivity index (χ0n) is 10.7. The van der Waals surface area contributed by atoms with E-state index in [1.54, 1.807) is 0 Å². The zero-order chi connectivity index (χ0) is 12.7. The minimum atomic E-state index is 0.0381. The van der Waals surface area contributed by atoms with E-state index in [1.165, 1.54) is 25.7 Å². The first-order valence-electron chi connectivity index (χ1n) is 6.74. The van der Waals surface area contributed by atoms with Gasteiger partial charge in [-0.2, -0.15) is 0 Å². The van der Waals surface area contributed by atoms with Crippen LogP contribution >= 0.6 is 15.9 Å². The van der Waals surface area contributed by atoms with Crippen molar-refractivity contribution in [2.24, 2.45) is 11.8 Å². The number of hydrogen-bond acceptors (Lipinski definition) is 2. The Kier molecular flexibility index (Phi) is 3.37. The highest BCUT2D eigenvalue weighted by Gasteiger charge is 2.41. The summed E-state index contributed by atoms with van der Waals surface area (Å²) in [6, 6.07) is 4.01. The molecule has 98 valence electrons. The summed E-state index contributed by atoms with van der Waals surface area (Å²) in [6.45, 7) is 2.09. The lowest BCUT2D eigenvalue weighted by atomic mass is 9.97. The maximum absolute atomic E-state index is 9.47. The molecule has 3 rings (SSSR count). The van der Waals surface area contributed by atoms with Crippen molar-refractivity contribution in [2.75, 3.05) is 0 Å². The largest absolute Gasteiger partial charge is 0.489 e. The quantitative estimate of drug-likeness (QED) is 0.919. The first-order chi connectivity index (χ1) is 8.67. The van der Waals surface area contributed by atoms with E-state index >= 15 is 0 Å². The highest BCUT2D eigenvalue weighted by molar-refractivity contribution is 9.10. The van der Waals surface area contributed by atoms with E-state index in [1.807, 2.05) is 13.0 Å². The highest BCUT2D eigenvalue weighted by Crippen LogP contribution is 2.46. The van der Waals surface area contributed by atoms with E-state index in [2.05, 4.69) is 22.0 Å². The summed E-state index contributed by atoms with van der Waals surface area (Å²) in [7, 11) is 0. The summed E-state index contributed by atoms with van der Waals surface area (Å²) in [5, 5.41) is 9.47. The smallest absolute Gasteiger partial charge is 0.128 e. The van der Waals surface area contributed by atoms with E-state index < -0.39 is 0 Å². The Balaban J connectivity index is 1.84. The van der Waals surface area contributed by atoms with Gasteiger partial charge in [0.25, 0.3) is 0 Å². The fourth-order valence-corrected chi connectivity index (χ4v) is 4.19. The molecule has 0 amide bonds. The summed E-state index contributed by atoms with van der Waals surface area (Å²) < 4.78 is 7.24. The number of aliphatic hydroxyl groups is 1. The van der Waals surface area contributed by atoms with Crippen LogP contribution in [0.15, 0.2) is 16.6 Å². The van der Waals surface area contributed by atoms with Crippen LogP contribution in [0.25, 0.3) is 0 Å². The molecule has 3 unspecified atom stereocenters. The molecule has 2 saturated carbocycles.